The second-order valence-corrected chi connectivity index (χ2v) is 10.5. The molecular weight excluding hydrogens is 537 g/mol. The summed E-state index contributed by atoms with van der Waals surface area (Å²) >= 11 is 0. The normalized spacial score (nSPS) is 22.7. The molecule has 182 valence electrons. The summed E-state index contributed by atoms with van der Waals surface area (Å²) < 4.78 is 24.0. The number of nitrogens with zero attached hydrogens (tertiary/aromatic N) is 1. The highest BCUT2D eigenvalue weighted by Crippen LogP contribution is 2.30. The van der Waals surface area contributed by atoms with E-state index in [1.165, 1.54) is 12.8 Å². The van der Waals surface area contributed by atoms with E-state index < -0.39 is 10.8 Å². The maximum atomic E-state index is 12.3. The molecular formula is C24H40IN3O3S. The van der Waals surface area contributed by atoms with Crippen LogP contribution in [0, 0.1) is 0 Å². The van der Waals surface area contributed by atoms with E-state index in [1.54, 1.807) is 7.11 Å². The Morgan fingerprint density at radius 3 is 2.62 bits per heavy atom. The molecule has 3 rings (SSSR count). The van der Waals surface area contributed by atoms with Crippen molar-refractivity contribution in [1.29, 1.82) is 0 Å². The molecule has 0 spiro atoms. The highest BCUT2D eigenvalue weighted by atomic mass is 127. The Bertz CT molecular complexity index is 756. The standard InChI is InChI=1S/C24H39N3O3S.HI/c1-4-25-24(27-19-9-8-12-22(15-19)31(28)5-2)26-17-18-13-14-21(29-3)16-23(18)30-20-10-6-7-11-20;/h13-14,16,19-20,22H,4-12,15,17H2,1-3H3,(H2,25,26,27);1H. The highest BCUT2D eigenvalue weighted by molar-refractivity contribution is 14.0. The molecule has 1 aromatic rings. The minimum absolute atomic E-state index is 0. The fourth-order valence-corrected chi connectivity index (χ4v) is 5.86. The van der Waals surface area contributed by atoms with Gasteiger partial charge in [0.2, 0.25) is 0 Å². The molecule has 6 nitrogen and oxygen atoms in total. The van der Waals surface area contributed by atoms with Gasteiger partial charge in [0.25, 0.3) is 0 Å². The van der Waals surface area contributed by atoms with E-state index >= 15 is 0 Å². The van der Waals surface area contributed by atoms with Crippen LogP contribution in [0.3, 0.4) is 0 Å². The predicted octanol–water partition coefficient (Wildman–Crippen LogP) is 4.77. The van der Waals surface area contributed by atoms with Gasteiger partial charge < -0.3 is 20.1 Å². The van der Waals surface area contributed by atoms with E-state index in [1.807, 2.05) is 19.1 Å². The summed E-state index contributed by atoms with van der Waals surface area (Å²) in [6.07, 6.45) is 9.23. The van der Waals surface area contributed by atoms with Gasteiger partial charge in [-0.25, -0.2) is 4.99 Å². The Labute approximate surface area is 213 Å². The van der Waals surface area contributed by atoms with Gasteiger partial charge in [0, 0.05) is 46.0 Å². The quantitative estimate of drug-likeness (QED) is 0.252. The van der Waals surface area contributed by atoms with E-state index in [2.05, 4.69) is 23.6 Å². The SMILES string of the molecule is CCNC(=NCc1ccc(OC)cc1OC1CCCC1)NC1CCCC(S(=O)CC)C1.I. The molecule has 2 saturated carbocycles. The largest absolute Gasteiger partial charge is 0.497 e. The van der Waals surface area contributed by atoms with Crippen LogP contribution in [0.2, 0.25) is 0 Å². The van der Waals surface area contributed by atoms with Crippen LogP contribution in [0.15, 0.2) is 23.2 Å². The van der Waals surface area contributed by atoms with Gasteiger partial charge >= 0.3 is 0 Å². The summed E-state index contributed by atoms with van der Waals surface area (Å²) in [7, 11) is 0.959. The molecule has 3 unspecified atom stereocenters. The molecule has 3 atom stereocenters. The summed E-state index contributed by atoms with van der Waals surface area (Å²) in [4.78, 5) is 4.86. The van der Waals surface area contributed by atoms with Crippen LogP contribution in [0.5, 0.6) is 11.5 Å². The number of rotatable bonds is 9. The molecule has 0 radical (unpaired) electrons. The average Bonchev–Trinajstić information content (AvgIpc) is 3.31. The molecule has 8 heteroatoms. The Morgan fingerprint density at radius 2 is 1.94 bits per heavy atom. The van der Waals surface area contributed by atoms with Crippen LogP contribution in [0.25, 0.3) is 0 Å². The first-order chi connectivity index (χ1) is 15.1. The van der Waals surface area contributed by atoms with Gasteiger partial charge in [-0.3, -0.25) is 4.21 Å². The fraction of sp³-hybridized carbons (Fsp3) is 0.708. The molecule has 2 aliphatic carbocycles. The second-order valence-electron chi connectivity index (χ2n) is 8.49. The minimum Gasteiger partial charge on any atom is -0.497 e. The lowest BCUT2D eigenvalue weighted by Gasteiger charge is -2.30. The van der Waals surface area contributed by atoms with E-state index in [4.69, 9.17) is 14.5 Å². The highest BCUT2D eigenvalue weighted by Gasteiger charge is 2.26. The van der Waals surface area contributed by atoms with Gasteiger partial charge in [-0.05, 0) is 64.0 Å². The number of methoxy groups -OCH3 is 1. The molecule has 0 bridgehead atoms. The summed E-state index contributed by atoms with van der Waals surface area (Å²) in [5, 5.41) is 7.26. The number of hydrogen-bond acceptors (Lipinski definition) is 4. The third kappa shape index (κ3) is 8.08. The van der Waals surface area contributed by atoms with Crippen molar-refractivity contribution < 1.29 is 13.7 Å². The number of ether oxygens (including phenoxy) is 2. The molecule has 0 aliphatic heterocycles. The van der Waals surface area contributed by atoms with Crippen molar-refractivity contribution >= 4 is 40.7 Å². The Balaban J connectivity index is 0.00000363. The van der Waals surface area contributed by atoms with Gasteiger partial charge in [-0.1, -0.05) is 13.3 Å². The van der Waals surface area contributed by atoms with E-state index in [9.17, 15) is 4.21 Å². The Hall–Kier alpha value is -1.03. The summed E-state index contributed by atoms with van der Waals surface area (Å²) in [6.45, 7) is 5.43. The van der Waals surface area contributed by atoms with Gasteiger partial charge in [-0.15, -0.1) is 24.0 Å². The smallest absolute Gasteiger partial charge is 0.191 e. The number of benzene rings is 1. The van der Waals surface area contributed by atoms with Gasteiger partial charge in [0.1, 0.15) is 11.5 Å². The van der Waals surface area contributed by atoms with Gasteiger partial charge in [0.05, 0.1) is 19.8 Å². The first-order valence-electron chi connectivity index (χ1n) is 11.9. The van der Waals surface area contributed by atoms with Gasteiger partial charge in [-0.2, -0.15) is 0 Å². The lowest BCUT2D eigenvalue weighted by molar-refractivity contribution is 0.207. The van der Waals surface area contributed by atoms with Crippen LogP contribution < -0.4 is 20.1 Å². The van der Waals surface area contributed by atoms with Crippen molar-refractivity contribution in [1.82, 2.24) is 10.6 Å². The maximum absolute atomic E-state index is 12.3. The lowest BCUT2D eigenvalue weighted by atomic mass is 9.95. The monoisotopic (exact) mass is 577 g/mol. The number of nitrogens with one attached hydrogen (secondary N) is 2. The Kier molecular flexibility index (Phi) is 12.1. The first kappa shape index (κ1) is 27.2. The van der Waals surface area contributed by atoms with Gasteiger partial charge in [0.15, 0.2) is 5.96 Å². The van der Waals surface area contributed by atoms with Crippen LogP contribution >= 0.6 is 24.0 Å². The average molecular weight is 578 g/mol. The maximum Gasteiger partial charge on any atom is 0.191 e. The van der Waals surface area contributed by atoms with Crippen molar-refractivity contribution in [2.24, 2.45) is 4.99 Å². The summed E-state index contributed by atoms with van der Waals surface area (Å²) in [5.74, 6) is 3.25. The third-order valence-corrected chi connectivity index (χ3v) is 7.99. The van der Waals surface area contributed by atoms with Crippen LogP contribution in [-0.2, 0) is 17.3 Å². The van der Waals surface area contributed by atoms with E-state index in [-0.39, 0.29) is 24.0 Å². The van der Waals surface area contributed by atoms with Crippen molar-refractivity contribution in [3.8, 4) is 11.5 Å². The number of halogens is 1. The number of aliphatic imine (C=N–C) groups is 1. The van der Waals surface area contributed by atoms with Crippen molar-refractivity contribution in [3.05, 3.63) is 23.8 Å². The minimum atomic E-state index is -0.724. The molecule has 2 fully saturated rings. The molecule has 32 heavy (non-hydrogen) atoms. The molecule has 2 N–H and O–H groups in total. The molecule has 1 aromatic carbocycles. The number of hydrogen-bond donors (Lipinski definition) is 2. The predicted molar refractivity (Wildman–Crippen MR) is 144 cm³/mol. The van der Waals surface area contributed by atoms with E-state index in [0.29, 0.717) is 23.9 Å². The molecule has 0 amide bonds. The number of guanidine groups is 1. The zero-order valence-electron chi connectivity index (χ0n) is 19.7. The third-order valence-electron chi connectivity index (χ3n) is 6.25. The van der Waals surface area contributed by atoms with E-state index in [0.717, 1.165) is 73.8 Å². The zero-order chi connectivity index (χ0) is 22.1. The Morgan fingerprint density at radius 1 is 1.16 bits per heavy atom. The fourth-order valence-electron chi connectivity index (χ4n) is 4.52. The first-order valence-corrected chi connectivity index (χ1v) is 13.3. The summed E-state index contributed by atoms with van der Waals surface area (Å²) in [6, 6.07) is 6.32. The molecule has 0 saturated heterocycles. The lowest BCUT2D eigenvalue weighted by Crippen LogP contribution is -2.46. The van der Waals surface area contributed by atoms with Crippen molar-refractivity contribution in [2.75, 3.05) is 19.4 Å². The zero-order valence-corrected chi connectivity index (χ0v) is 22.9. The molecule has 2 aliphatic rings. The van der Waals surface area contributed by atoms with Crippen LogP contribution in [-0.4, -0.2) is 47.0 Å². The molecule has 0 aromatic heterocycles. The van der Waals surface area contributed by atoms with Crippen LogP contribution in [0.4, 0.5) is 0 Å². The van der Waals surface area contributed by atoms with Crippen LogP contribution in [0.1, 0.15) is 70.8 Å². The second kappa shape index (κ2) is 14.3. The summed E-state index contributed by atoms with van der Waals surface area (Å²) in [5.41, 5.74) is 1.07. The van der Waals surface area contributed by atoms with Crippen molar-refractivity contribution in [3.63, 3.8) is 0 Å². The molecule has 0 heterocycles. The topological polar surface area (TPSA) is 72.0 Å². The van der Waals surface area contributed by atoms with Crippen molar-refractivity contribution in [2.45, 2.75) is 89.2 Å².